The number of hydrogen-bond donors (Lipinski definition) is 2. The summed E-state index contributed by atoms with van der Waals surface area (Å²) in [6.07, 6.45) is 1.56. The number of likely N-dealkylation sites (N-methyl/N-ethyl adjacent to an activating group) is 4. The second-order valence-electron chi connectivity index (χ2n) is 25.5. The van der Waals surface area contributed by atoms with Gasteiger partial charge in [-0.2, -0.15) is 0 Å². The van der Waals surface area contributed by atoms with E-state index in [0.29, 0.717) is 43.9 Å². The molecule has 0 radical (unpaired) electrons. The van der Waals surface area contributed by atoms with Crippen molar-refractivity contribution in [3.05, 3.63) is 37.0 Å². The van der Waals surface area contributed by atoms with E-state index in [1.807, 2.05) is 0 Å². The van der Waals surface area contributed by atoms with E-state index in [9.17, 15) is 78.0 Å². The summed E-state index contributed by atoms with van der Waals surface area (Å²) < 4.78 is 32.1. The van der Waals surface area contributed by atoms with Gasteiger partial charge in [-0.1, -0.05) is 67.5 Å². The summed E-state index contributed by atoms with van der Waals surface area (Å²) in [4.78, 5) is 133. The number of quaternary nitrogens is 4. The second kappa shape index (κ2) is 45.4. The van der Waals surface area contributed by atoms with Gasteiger partial charge in [0, 0.05) is 17.7 Å². The van der Waals surface area contributed by atoms with Crippen molar-refractivity contribution in [1.82, 2.24) is 5.32 Å². The van der Waals surface area contributed by atoms with E-state index < -0.39 is 83.5 Å². The molecule has 2 atom stereocenters. The molecule has 92 heavy (non-hydrogen) atoms. The predicted molar refractivity (Wildman–Crippen MR) is 342 cm³/mol. The lowest BCUT2D eigenvalue weighted by molar-refractivity contribution is -0.884. The maximum Gasteiger partial charge on any atom is 0.333 e. The number of aliphatic hydroxyl groups excluding tert-OH is 1. The van der Waals surface area contributed by atoms with E-state index in [2.05, 4.69) is 77.6 Å². The molecule has 0 aliphatic rings. The Balaban J connectivity index is -0.000000251. The monoisotopic (exact) mass is 1520 g/mol. The summed E-state index contributed by atoms with van der Waals surface area (Å²) in [5.74, 6) is -7.82. The number of aliphatic carboxylic acids is 4. The number of carboxylic acid groups (broad SMARTS) is 4. The van der Waals surface area contributed by atoms with Gasteiger partial charge in [-0.25, -0.2) is 9.59 Å². The normalized spacial score (nSPS) is 12.6. The van der Waals surface area contributed by atoms with Gasteiger partial charge >= 0.3 is 41.8 Å². The standard InChI is InChI=1S/2C15H26BrNO6.2C10H17NO4.C5H9BrO2.C5H9NO2/c2*1-14(2,12(20)22-6)10-15(3,16)13(21)23-8-7-17(4,5)9-11(18)19;2*1-8(2)10(14)15-6-5-11(3,4)7-9(12)13;1-5(2,6)4(7)8-3;1-2-5(8)6-3-4-7/h2*7-10H2,1-6H3;2*1,5-7H2,2-4H3;1-3H3;2,7H,1,3-4H2,(H,6,8). The van der Waals surface area contributed by atoms with Gasteiger partial charge in [-0.3, -0.25) is 28.8 Å². The summed E-state index contributed by atoms with van der Waals surface area (Å²) in [6, 6.07) is 0. The number of methoxy groups -OCH3 is 3. The molecule has 0 spiro atoms. The fourth-order valence-corrected chi connectivity index (χ4v) is 8.59. The molecule has 2 unspecified atom stereocenters. The number of amides is 1. The Morgan fingerprint density at radius 1 is 0.457 bits per heavy atom. The Labute approximate surface area is 568 Å². The van der Waals surface area contributed by atoms with Crippen molar-refractivity contribution in [3.63, 3.8) is 0 Å². The van der Waals surface area contributed by atoms with Crippen molar-refractivity contribution in [1.29, 1.82) is 0 Å². The molecule has 32 heteroatoms. The molecule has 1 amide bonds. The van der Waals surface area contributed by atoms with Gasteiger partial charge in [0.15, 0.2) is 0 Å². The lowest BCUT2D eigenvalue weighted by atomic mass is 9.83. The molecule has 0 bridgehead atoms. The molecule has 0 aliphatic heterocycles. The first-order valence-electron chi connectivity index (χ1n) is 28.2. The number of carboxylic acids is 4. The van der Waals surface area contributed by atoms with Crippen LogP contribution in [0.15, 0.2) is 37.0 Å². The summed E-state index contributed by atoms with van der Waals surface area (Å²) in [6.45, 7) is 28.4. The number of nitrogens with one attached hydrogen (secondary N) is 1. The lowest BCUT2D eigenvalue weighted by Gasteiger charge is -2.32. The molecule has 0 aromatic rings. The van der Waals surface area contributed by atoms with Gasteiger partial charge in [0.25, 0.3) is 0 Å². The van der Waals surface area contributed by atoms with Crippen LogP contribution in [0.3, 0.4) is 0 Å². The van der Waals surface area contributed by atoms with Gasteiger partial charge in [-0.05, 0) is 88.2 Å². The fraction of sp³-hybridized carbons (Fsp3) is 0.700. The van der Waals surface area contributed by atoms with E-state index in [1.54, 1.807) is 126 Å². The number of carbonyl (C=O) groups is 12. The molecule has 0 saturated carbocycles. The zero-order chi connectivity index (χ0) is 74.3. The van der Waals surface area contributed by atoms with E-state index in [1.165, 1.54) is 21.3 Å². The van der Waals surface area contributed by atoms with Gasteiger partial charge in [-0.15, -0.1) is 0 Å². The van der Waals surface area contributed by atoms with Crippen LogP contribution < -0.4 is 25.7 Å². The Morgan fingerprint density at radius 3 is 0.870 bits per heavy atom. The van der Waals surface area contributed by atoms with Crippen LogP contribution in [0.5, 0.6) is 0 Å². The van der Waals surface area contributed by atoms with Crippen molar-refractivity contribution in [2.24, 2.45) is 10.8 Å². The minimum absolute atomic E-state index is 0.0282. The molecule has 2 N–H and O–H groups in total. The third-order valence-electron chi connectivity index (χ3n) is 11.8. The molecule has 29 nitrogen and oxygen atoms in total. The average molecular weight is 1520 g/mol. The minimum atomic E-state index is -1.16. The molecule has 0 aliphatic carbocycles. The molecule has 0 aromatic carbocycles. The highest BCUT2D eigenvalue weighted by Gasteiger charge is 2.44. The van der Waals surface area contributed by atoms with Gasteiger partial charge in [0.05, 0.1) is 119 Å². The van der Waals surface area contributed by atoms with Crippen molar-refractivity contribution in [2.45, 2.75) is 95.1 Å². The number of aliphatic hydroxyl groups is 1. The van der Waals surface area contributed by atoms with Crippen molar-refractivity contribution in [3.8, 4) is 0 Å². The molecular weight excluding hydrogens is 1410 g/mol. The highest BCUT2D eigenvalue weighted by molar-refractivity contribution is 9.10. The third kappa shape index (κ3) is 53.6. The number of halogens is 3. The summed E-state index contributed by atoms with van der Waals surface area (Å²) >= 11 is 9.75. The quantitative estimate of drug-likeness (QED) is 0.0248. The van der Waals surface area contributed by atoms with Crippen LogP contribution >= 0.6 is 47.8 Å². The molecule has 0 aromatic heterocycles. The fourth-order valence-electron chi connectivity index (χ4n) is 6.80. The topological polar surface area (TPSA) is 394 Å². The Hall–Kier alpha value is -5.90. The molecule has 0 rings (SSSR count). The minimum Gasteiger partial charge on any atom is -0.544 e. The van der Waals surface area contributed by atoms with Crippen LogP contribution in [0.1, 0.15) is 82.1 Å². The first-order chi connectivity index (χ1) is 41.2. The maximum absolute atomic E-state index is 12.2. The van der Waals surface area contributed by atoms with Crippen LogP contribution in [0, 0.1) is 10.8 Å². The summed E-state index contributed by atoms with van der Waals surface area (Å²) in [5.41, 5.74) is -1.03. The van der Waals surface area contributed by atoms with E-state index in [4.69, 9.17) is 33.5 Å². The van der Waals surface area contributed by atoms with E-state index in [0.717, 1.165) is 6.08 Å². The Morgan fingerprint density at radius 2 is 0.696 bits per heavy atom. The van der Waals surface area contributed by atoms with Crippen LogP contribution in [0.2, 0.25) is 0 Å². The molecular formula is C60H104Br3N5O24. The van der Waals surface area contributed by atoms with E-state index in [-0.39, 0.29) is 102 Å². The van der Waals surface area contributed by atoms with Crippen molar-refractivity contribution >= 4 is 119 Å². The number of esters is 7. The maximum atomic E-state index is 12.2. The first-order valence-corrected chi connectivity index (χ1v) is 30.5. The lowest BCUT2D eigenvalue weighted by Crippen LogP contribution is -2.50. The first kappa shape index (κ1) is 97.2. The number of hydrogen-bond acceptors (Lipinski definition) is 24. The van der Waals surface area contributed by atoms with Crippen molar-refractivity contribution < 1.29 is 134 Å². The number of nitrogens with zero attached hydrogens (tertiary/aromatic N) is 4. The average Bonchev–Trinajstić information content (AvgIpc) is 0.852. The van der Waals surface area contributed by atoms with Crippen molar-refractivity contribution in [2.75, 3.05) is 170 Å². The Kier molecular flexibility index (Phi) is 48.0. The van der Waals surface area contributed by atoms with Gasteiger partial charge in [0.1, 0.15) is 91.8 Å². The molecule has 0 heterocycles. The van der Waals surface area contributed by atoms with Crippen LogP contribution in [0.4, 0.5) is 0 Å². The SMILES string of the molecule is C=C(C)C(=O)OCC[N+](C)(C)CC(=O)[O-].C=C(C)C(=O)OCC[N+](C)(C)CC(=O)[O-].C=CC(=O)NCCO.COC(=O)C(C)(C)Br.COC(=O)C(C)(C)CC(C)(Br)C(=O)OCC[N+](C)(C)CC(=O)[O-].COC(=O)C(C)(C)CC(C)(Br)C(=O)OCC[N+](C)(C)CC(=O)[O-]. The third-order valence-corrected chi connectivity index (χ3v) is 13.3. The number of alkyl halides is 3. The summed E-state index contributed by atoms with van der Waals surface area (Å²) in [7, 11) is 17.7. The zero-order valence-corrected chi connectivity index (χ0v) is 62.5. The number of rotatable bonds is 34. The van der Waals surface area contributed by atoms with Gasteiger partial charge < -0.3 is 101 Å². The summed E-state index contributed by atoms with van der Waals surface area (Å²) in [5, 5.41) is 52.5. The molecule has 534 valence electrons. The van der Waals surface area contributed by atoms with Crippen LogP contribution in [0.25, 0.3) is 0 Å². The van der Waals surface area contributed by atoms with E-state index >= 15 is 0 Å². The number of carbonyl (C=O) groups excluding carboxylic acids is 12. The molecule has 0 fully saturated rings. The molecule has 0 saturated heterocycles. The zero-order valence-electron chi connectivity index (χ0n) is 57.8. The second-order valence-corrected chi connectivity index (χ2v) is 31.0. The largest absolute Gasteiger partial charge is 0.544 e. The predicted octanol–water partition coefficient (Wildman–Crippen LogP) is -1.32. The smallest absolute Gasteiger partial charge is 0.333 e. The highest BCUT2D eigenvalue weighted by Crippen LogP contribution is 2.37. The van der Waals surface area contributed by atoms with Crippen LogP contribution in [-0.2, 0) is 90.7 Å². The van der Waals surface area contributed by atoms with Crippen LogP contribution in [-0.4, -0.2) is 277 Å². The highest BCUT2D eigenvalue weighted by atomic mass is 79.9. The number of ether oxygens (including phenoxy) is 7. The Bertz CT molecular complexity index is 2310. The van der Waals surface area contributed by atoms with Gasteiger partial charge in [0.2, 0.25) is 5.91 Å².